The molecule has 0 aliphatic heterocycles. The summed E-state index contributed by atoms with van der Waals surface area (Å²) < 4.78 is 0. The Morgan fingerprint density at radius 3 is 0.292 bits per heavy atom. The van der Waals surface area contributed by atoms with Gasteiger partial charge in [0.05, 0.1) is 0 Å². The van der Waals surface area contributed by atoms with Crippen molar-refractivity contribution in [1.82, 2.24) is 0 Å². The fraction of sp³-hybridized carbons (Fsp3) is 0.300. The Kier molecular flexibility index (Phi) is 24.1. The summed E-state index contributed by atoms with van der Waals surface area (Å²) in [7, 11) is 0. The molecule has 0 aromatic heterocycles. The number of aryl methyl sites for hydroxylation is 18. The Balaban J connectivity index is 0.000000211. The molecule has 612 valence electrons. The third kappa shape index (κ3) is 15.7. The van der Waals surface area contributed by atoms with Gasteiger partial charge in [0.2, 0.25) is 0 Å². The van der Waals surface area contributed by atoms with E-state index in [1.807, 2.05) is 0 Å². The van der Waals surface area contributed by atoms with Gasteiger partial charge in [0.1, 0.15) is 0 Å². The van der Waals surface area contributed by atoms with Gasteiger partial charge in [0.15, 0.2) is 0 Å². The highest BCUT2D eigenvalue weighted by molar-refractivity contribution is 5.67. The largest absolute Gasteiger partial charge is 0.0590 e. The van der Waals surface area contributed by atoms with E-state index in [4.69, 9.17) is 0 Å². The van der Waals surface area contributed by atoms with E-state index in [0.29, 0.717) is 0 Å². The molecular formula is C120H132. The number of rotatable bonds is 18. The molecule has 0 atom stereocenters. The Labute approximate surface area is 723 Å². The molecule has 0 spiro atoms. The van der Waals surface area contributed by atoms with Gasteiger partial charge < -0.3 is 0 Å². The van der Waals surface area contributed by atoms with Crippen molar-refractivity contribution < 1.29 is 0 Å². The summed E-state index contributed by atoms with van der Waals surface area (Å²) in [6.45, 7) is 69.0. The highest BCUT2D eigenvalue weighted by Gasteiger charge is 2.44. The molecule has 0 fully saturated rings. The van der Waals surface area contributed by atoms with Crippen LogP contribution in [0.2, 0.25) is 0 Å². The predicted molar refractivity (Wildman–Crippen MR) is 517 cm³/mol. The maximum Gasteiger partial charge on any atom is 0.0423 e. The molecule has 0 heteroatoms. The molecule has 0 amide bonds. The van der Waals surface area contributed by atoms with Gasteiger partial charge in [0, 0.05) is 32.5 Å². The zero-order valence-corrected chi connectivity index (χ0v) is 78.2. The lowest BCUT2D eigenvalue weighted by molar-refractivity contribution is 0.640. The molecule has 14 aromatic rings. The topological polar surface area (TPSA) is 0 Å². The summed E-state index contributed by atoms with van der Waals surface area (Å²) in [6, 6.07) is 100. The maximum absolute atomic E-state index is 2.62. The first kappa shape index (κ1) is 86.9. The summed E-state index contributed by atoms with van der Waals surface area (Å²) in [4.78, 5) is 0. The van der Waals surface area contributed by atoms with Gasteiger partial charge in [-0.05, 0) is 408 Å². The highest BCUT2D eigenvalue weighted by atomic mass is 14.5. The molecule has 0 unspecified atom stereocenters. The third-order valence-corrected chi connectivity index (χ3v) is 30.1. The molecule has 0 aliphatic rings. The smallest absolute Gasteiger partial charge is 0.0423 e. The van der Waals surface area contributed by atoms with E-state index in [1.54, 1.807) is 0 Å². The second-order valence-electron chi connectivity index (χ2n) is 38.0. The molecular weight excluding hydrogens is 1440 g/mol. The van der Waals surface area contributed by atoms with Gasteiger partial charge in [0.25, 0.3) is 0 Å². The van der Waals surface area contributed by atoms with Crippen LogP contribution in [-0.2, 0) is 32.5 Å². The van der Waals surface area contributed by atoms with E-state index >= 15 is 0 Å². The molecule has 14 rings (SSSR count). The highest BCUT2D eigenvalue weighted by Crippen LogP contribution is 2.53. The molecule has 0 bridgehead atoms. The summed E-state index contributed by atoms with van der Waals surface area (Å²) in [5, 5.41) is 0. The van der Waals surface area contributed by atoms with Gasteiger partial charge in [-0.15, -0.1) is 0 Å². The maximum atomic E-state index is 2.62. The van der Waals surface area contributed by atoms with E-state index in [1.165, 1.54) is 234 Å². The minimum absolute atomic E-state index is 0.449. The summed E-state index contributed by atoms with van der Waals surface area (Å²) >= 11 is 0. The number of hydrogen-bond donors (Lipinski definition) is 0. The normalized spacial score (nSPS) is 12.2. The Morgan fingerprint density at radius 2 is 0.192 bits per heavy atom. The molecule has 0 aliphatic carbocycles. The van der Waals surface area contributed by atoms with Crippen molar-refractivity contribution in [3.63, 3.8) is 0 Å². The Hall–Kier alpha value is -10.9. The van der Waals surface area contributed by atoms with Gasteiger partial charge in [-0.3, -0.25) is 0 Å². The van der Waals surface area contributed by atoms with Crippen molar-refractivity contribution in [2.24, 2.45) is 0 Å². The summed E-state index contributed by atoms with van der Waals surface area (Å²) in [5.41, 5.74) is 52.1. The van der Waals surface area contributed by atoms with Gasteiger partial charge >= 0.3 is 0 Å². The lowest BCUT2D eigenvalue weighted by Gasteiger charge is -2.40. The van der Waals surface area contributed by atoms with Crippen LogP contribution < -0.4 is 0 Å². The SMILES string of the molecule is Cc1cc(C(C)(c2cc(C(C)(c3cc(C)c(C)c(C)c3)c3cc(C)c(C)c(C)c3)cc(C(C)(c3cc(C)c(C)c(C)c3)c3cc(C)c(C)c(C)c3)c2)c2cc(C)c(C)c(C)c2)cc(C)c1C.Cc1ccc(C(C)(c2ccc(C)cc2)c2cc(C(C)(c3ccc(C)cc3)c3ccc(C)cc3)cc(C(C)(c3ccc(C)cc3)c3ccc(C)cc3)c2)cc1. The minimum atomic E-state index is -0.518. The molecule has 0 heterocycles. The average Bonchev–Trinajstić information content (AvgIpc) is 0.699. The molecule has 0 N–H and O–H groups in total. The van der Waals surface area contributed by atoms with Gasteiger partial charge in [-0.25, -0.2) is 0 Å². The fourth-order valence-corrected chi connectivity index (χ4v) is 19.3. The van der Waals surface area contributed by atoms with Crippen LogP contribution in [0, 0.1) is 166 Å². The lowest BCUT2D eigenvalue weighted by atomic mass is 9.62. The zero-order chi connectivity index (χ0) is 86.9. The summed E-state index contributed by atoms with van der Waals surface area (Å²) in [6.07, 6.45) is 0. The summed E-state index contributed by atoms with van der Waals surface area (Å²) in [5.74, 6) is 0. The van der Waals surface area contributed by atoms with Crippen molar-refractivity contribution in [1.29, 1.82) is 0 Å². The van der Waals surface area contributed by atoms with Crippen molar-refractivity contribution in [3.8, 4) is 0 Å². The second-order valence-corrected chi connectivity index (χ2v) is 38.0. The molecule has 0 saturated heterocycles. The predicted octanol–water partition coefficient (Wildman–Crippen LogP) is 30.9. The van der Waals surface area contributed by atoms with Crippen molar-refractivity contribution in [3.05, 3.63) is 488 Å². The van der Waals surface area contributed by atoms with Crippen LogP contribution in [0.5, 0.6) is 0 Å². The third-order valence-electron chi connectivity index (χ3n) is 30.1. The molecule has 0 radical (unpaired) electrons. The first-order valence-corrected chi connectivity index (χ1v) is 43.8. The van der Waals surface area contributed by atoms with Gasteiger partial charge in [-0.2, -0.15) is 0 Å². The molecule has 14 aromatic carbocycles. The quantitative estimate of drug-likeness (QED) is 0.0751. The Bertz CT molecular complexity index is 5120. The van der Waals surface area contributed by atoms with Crippen LogP contribution >= 0.6 is 0 Å². The standard InChI is InChI=1S/C66H78.C54H54/c1-37-22-55(23-38(2)49(37)13)64(19,56-24-39(3)50(14)40(4)25-56)61-34-62(65(20,57-26-41(5)51(15)42(6)27-57)58-28-43(7)52(16)44(8)29-58)36-63(35-61)66(21,59-30-45(9)53(17)46(10)31-59)60-32-47(11)54(18)48(12)33-60;1-37-10-22-43(23-11-37)52(7,44-24-12-38(2)13-25-44)49-34-50(53(8,45-26-14-39(3)15-27-45)46-28-16-40(4)17-29-46)36-51(35-49)54(9,47-30-18-41(5)19-31-47)48-32-20-42(6)21-33-48/h22-36H,1-21H3;10-36H,1-9H3. The van der Waals surface area contributed by atoms with Crippen LogP contribution in [-0.4, -0.2) is 0 Å². The van der Waals surface area contributed by atoms with E-state index < -0.39 is 32.5 Å². The first-order chi connectivity index (χ1) is 56.5. The van der Waals surface area contributed by atoms with Crippen LogP contribution in [0.3, 0.4) is 0 Å². The van der Waals surface area contributed by atoms with Crippen LogP contribution in [0.15, 0.2) is 255 Å². The zero-order valence-electron chi connectivity index (χ0n) is 78.2. The van der Waals surface area contributed by atoms with E-state index in [9.17, 15) is 0 Å². The van der Waals surface area contributed by atoms with E-state index in [-0.39, 0.29) is 0 Å². The molecule has 120 heavy (non-hydrogen) atoms. The first-order valence-electron chi connectivity index (χ1n) is 43.8. The van der Waals surface area contributed by atoms with Crippen molar-refractivity contribution in [2.45, 2.75) is 240 Å². The number of benzene rings is 14. The lowest BCUT2D eigenvalue weighted by Crippen LogP contribution is -2.33. The molecule has 0 saturated carbocycles. The van der Waals surface area contributed by atoms with E-state index in [2.05, 4.69) is 462 Å². The average molecular weight is 1570 g/mol. The minimum Gasteiger partial charge on any atom is -0.0590 e. The van der Waals surface area contributed by atoms with Crippen LogP contribution in [0.25, 0.3) is 0 Å². The number of hydrogen-bond acceptors (Lipinski definition) is 0. The molecule has 0 nitrogen and oxygen atoms in total. The van der Waals surface area contributed by atoms with Crippen molar-refractivity contribution in [2.75, 3.05) is 0 Å². The second kappa shape index (κ2) is 33.2. The Morgan fingerprint density at radius 1 is 0.108 bits per heavy atom. The van der Waals surface area contributed by atoms with Crippen molar-refractivity contribution >= 4 is 0 Å². The van der Waals surface area contributed by atoms with Gasteiger partial charge in [-0.1, -0.05) is 288 Å². The van der Waals surface area contributed by atoms with Crippen LogP contribution in [0.1, 0.15) is 275 Å². The fourth-order valence-electron chi connectivity index (χ4n) is 19.3. The van der Waals surface area contributed by atoms with E-state index in [0.717, 1.165) is 0 Å². The van der Waals surface area contributed by atoms with Crippen LogP contribution in [0.4, 0.5) is 0 Å². The monoisotopic (exact) mass is 1570 g/mol.